The normalized spacial score (nSPS) is 12.0. The van der Waals surface area contributed by atoms with Crippen molar-refractivity contribution in [3.63, 3.8) is 0 Å². The van der Waals surface area contributed by atoms with Gasteiger partial charge in [0.15, 0.2) is 0 Å². The van der Waals surface area contributed by atoms with Gasteiger partial charge in [0.25, 0.3) is 0 Å². The van der Waals surface area contributed by atoms with Gasteiger partial charge in [-0.25, -0.2) is 0 Å². The zero-order valence-corrected chi connectivity index (χ0v) is 11.9. The van der Waals surface area contributed by atoms with Gasteiger partial charge in [0.05, 0.1) is 5.69 Å². The van der Waals surface area contributed by atoms with Gasteiger partial charge in [-0.15, -0.1) is 5.10 Å². The predicted molar refractivity (Wildman–Crippen MR) is 71.9 cm³/mol. The summed E-state index contributed by atoms with van der Waals surface area (Å²) in [5.74, 6) is 0. The van der Waals surface area contributed by atoms with E-state index < -0.39 is 0 Å². The van der Waals surface area contributed by atoms with E-state index in [2.05, 4.69) is 44.2 Å². The average molecular weight is 237 g/mol. The molecule has 0 aliphatic rings. The Morgan fingerprint density at radius 1 is 1.12 bits per heavy atom. The third kappa shape index (κ3) is 6.44. The van der Waals surface area contributed by atoms with Gasteiger partial charge in [-0.3, -0.25) is 4.68 Å². The van der Waals surface area contributed by atoms with Crippen LogP contribution in [0.2, 0.25) is 0 Å². The highest BCUT2D eigenvalue weighted by Gasteiger charge is 2.13. The molecule has 0 unspecified atom stereocenters. The lowest BCUT2D eigenvalue weighted by molar-refractivity contribution is 0.406. The number of aromatic nitrogens is 3. The van der Waals surface area contributed by atoms with Gasteiger partial charge < -0.3 is 0 Å². The maximum atomic E-state index is 4.23. The van der Waals surface area contributed by atoms with E-state index in [0.29, 0.717) is 5.41 Å². The molecule has 17 heavy (non-hydrogen) atoms. The van der Waals surface area contributed by atoms with Crippen LogP contribution in [0.25, 0.3) is 0 Å². The second-order valence-corrected chi connectivity index (χ2v) is 6.12. The summed E-state index contributed by atoms with van der Waals surface area (Å²) in [7, 11) is 0. The van der Waals surface area contributed by atoms with Gasteiger partial charge in [-0.1, -0.05) is 58.6 Å². The van der Waals surface area contributed by atoms with Crippen molar-refractivity contribution < 1.29 is 0 Å². The van der Waals surface area contributed by atoms with Gasteiger partial charge in [0.2, 0.25) is 0 Å². The smallest absolute Gasteiger partial charge is 0.0832 e. The van der Waals surface area contributed by atoms with Gasteiger partial charge in [0, 0.05) is 12.7 Å². The number of nitrogens with zero attached hydrogens (tertiary/aromatic N) is 3. The summed E-state index contributed by atoms with van der Waals surface area (Å²) in [5.41, 5.74) is 1.41. The molecule has 0 atom stereocenters. The third-order valence-electron chi connectivity index (χ3n) is 2.79. The molecule has 0 amide bonds. The number of hydrogen-bond donors (Lipinski definition) is 0. The van der Waals surface area contributed by atoms with Crippen LogP contribution in [0.4, 0.5) is 0 Å². The highest BCUT2D eigenvalue weighted by Crippen LogP contribution is 2.18. The minimum absolute atomic E-state index is 0.294. The quantitative estimate of drug-likeness (QED) is 0.675. The van der Waals surface area contributed by atoms with Crippen LogP contribution < -0.4 is 0 Å². The standard InChI is InChI=1S/C14H27N3/c1-5-6-7-8-9-10-17-12-13(15-16-17)11-14(2,3)4/h12H,5-11H2,1-4H3. The van der Waals surface area contributed by atoms with E-state index in [1.807, 2.05) is 4.68 Å². The zero-order valence-electron chi connectivity index (χ0n) is 11.9. The van der Waals surface area contributed by atoms with Crippen LogP contribution in [0.3, 0.4) is 0 Å². The molecular weight excluding hydrogens is 210 g/mol. The van der Waals surface area contributed by atoms with Crippen LogP contribution in [0.15, 0.2) is 6.20 Å². The molecule has 1 aromatic rings. The van der Waals surface area contributed by atoms with Crippen molar-refractivity contribution >= 4 is 0 Å². The molecule has 0 saturated carbocycles. The van der Waals surface area contributed by atoms with E-state index in [1.165, 1.54) is 32.1 Å². The summed E-state index contributed by atoms with van der Waals surface area (Å²) in [4.78, 5) is 0. The predicted octanol–water partition coefficient (Wildman–Crippen LogP) is 3.84. The van der Waals surface area contributed by atoms with Crippen molar-refractivity contribution in [2.75, 3.05) is 0 Å². The third-order valence-corrected chi connectivity index (χ3v) is 2.79. The minimum Gasteiger partial charge on any atom is -0.252 e. The first-order valence-corrected chi connectivity index (χ1v) is 6.90. The summed E-state index contributed by atoms with van der Waals surface area (Å²) in [6.07, 6.45) is 9.64. The lowest BCUT2D eigenvalue weighted by Gasteiger charge is -2.15. The molecule has 0 aliphatic carbocycles. The molecule has 3 heteroatoms. The molecule has 98 valence electrons. The first-order chi connectivity index (χ1) is 8.01. The molecular formula is C14H27N3. The Balaban J connectivity index is 2.26. The van der Waals surface area contributed by atoms with Crippen LogP contribution in [0.1, 0.15) is 65.5 Å². The van der Waals surface area contributed by atoms with Crippen LogP contribution in [-0.2, 0) is 13.0 Å². The van der Waals surface area contributed by atoms with E-state index in [1.54, 1.807) is 0 Å². The van der Waals surface area contributed by atoms with Gasteiger partial charge in [-0.05, 0) is 18.3 Å². The van der Waals surface area contributed by atoms with E-state index >= 15 is 0 Å². The Hall–Kier alpha value is -0.860. The molecule has 1 aromatic heterocycles. The average Bonchev–Trinajstić information content (AvgIpc) is 2.63. The summed E-state index contributed by atoms with van der Waals surface area (Å²) in [5, 5.41) is 8.41. The zero-order chi connectivity index (χ0) is 12.7. The number of hydrogen-bond acceptors (Lipinski definition) is 2. The minimum atomic E-state index is 0.294. The number of rotatable bonds is 7. The van der Waals surface area contributed by atoms with Crippen molar-refractivity contribution in [2.45, 2.75) is 72.8 Å². The second kappa shape index (κ2) is 6.77. The Morgan fingerprint density at radius 2 is 1.82 bits per heavy atom. The first-order valence-electron chi connectivity index (χ1n) is 6.90. The van der Waals surface area contributed by atoms with Crippen LogP contribution in [0, 0.1) is 5.41 Å². The first kappa shape index (κ1) is 14.2. The fraction of sp³-hybridized carbons (Fsp3) is 0.857. The van der Waals surface area contributed by atoms with Crippen LogP contribution in [0.5, 0.6) is 0 Å². The lowest BCUT2D eigenvalue weighted by Crippen LogP contribution is -2.09. The second-order valence-electron chi connectivity index (χ2n) is 6.12. The van der Waals surface area contributed by atoms with Crippen LogP contribution >= 0.6 is 0 Å². The molecule has 3 nitrogen and oxygen atoms in total. The summed E-state index contributed by atoms with van der Waals surface area (Å²) in [6, 6.07) is 0. The van der Waals surface area contributed by atoms with Crippen molar-refractivity contribution in [1.82, 2.24) is 15.0 Å². The Bertz CT molecular complexity index is 310. The number of aryl methyl sites for hydroxylation is 1. The van der Waals surface area contributed by atoms with E-state index in [-0.39, 0.29) is 0 Å². The molecule has 1 rings (SSSR count). The Kier molecular flexibility index (Phi) is 5.66. The molecule has 1 heterocycles. The van der Waals surface area contributed by atoms with Crippen molar-refractivity contribution in [2.24, 2.45) is 5.41 Å². The molecule has 0 saturated heterocycles. The van der Waals surface area contributed by atoms with Crippen molar-refractivity contribution in [3.05, 3.63) is 11.9 Å². The summed E-state index contributed by atoms with van der Waals surface area (Å²) >= 11 is 0. The van der Waals surface area contributed by atoms with Gasteiger partial charge in [0.1, 0.15) is 0 Å². The molecule has 0 fully saturated rings. The van der Waals surface area contributed by atoms with E-state index in [0.717, 1.165) is 18.7 Å². The highest BCUT2D eigenvalue weighted by molar-refractivity contribution is 4.95. The SMILES string of the molecule is CCCCCCCn1cc(CC(C)(C)C)nn1. The van der Waals surface area contributed by atoms with Gasteiger partial charge >= 0.3 is 0 Å². The van der Waals surface area contributed by atoms with Crippen molar-refractivity contribution in [1.29, 1.82) is 0 Å². The Morgan fingerprint density at radius 3 is 2.47 bits per heavy atom. The van der Waals surface area contributed by atoms with Crippen molar-refractivity contribution in [3.8, 4) is 0 Å². The van der Waals surface area contributed by atoms with Gasteiger partial charge in [-0.2, -0.15) is 0 Å². The highest BCUT2D eigenvalue weighted by atomic mass is 15.4. The monoisotopic (exact) mass is 237 g/mol. The molecule has 0 bridgehead atoms. The maximum absolute atomic E-state index is 4.23. The summed E-state index contributed by atoms with van der Waals surface area (Å²) in [6.45, 7) is 9.96. The van der Waals surface area contributed by atoms with E-state index in [4.69, 9.17) is 0 Å². The molecule has 0 aliphatic heterocycles. The molecule has 0 radical (unpaired) electrons. The fourth-order valence-corrected chi connectivity index (χ4v) is 1.95. The topological polar surface area (TPSA) is 30.7 Å². The Labute approximate surface area is 106 Å². The largest absolute Gasteiger partial charge is 0.252 e. The molecule has 0 N–H and O–H groups in total. The number of unbranched alkanes of at least 4 members (excludes halogenated alkanes) is 4. The molecule has 0 spiro atoms. The van der Waals surface area contributed by atoms with Crippen LogP contribution in [-0.4, -0.2) is 15.0 Å². The van der Waals surface area contributed by atoms with E-state index in [9.17, 15) is 0 Å². The maximum Gasteiger partial charge on any atom is 0.0832 e. The molecule has 0 aromatic carbocycles. The fourth-order valence-electron chi connectivity index (χ4n) is 1.95. The summed E-state index contributed by atoms with van der Waals surface area (Å²) < 4.78 is 1.99. The lowest BCUT2D eigenvalue weighted by atomic mass is 9.91.